The van der Waals surface area contributed by atoms with Crippen molar-refractivity contribution in [3.63, 3.8) is 0 Å². The van der Waals surface area contributed by atoms with Gasteiger partial charge in [-0.05, 0) is 52.7 Å². The summed E-state index contributed by atoms with van der Waals surface area (Å²) in [6.07, 6.45) is 0.816. The van der Waals surface area contributed by atoms with Gasteiger partial charge in [-0.3, -0.25) is 9.59 Å². The van der Waals surface area contributed by atoms with Gasteiger partial charge in [0.1, 0.15) is 5.75 Å². The lowest BCUT2D eigenvalue weighted by Crippen LogP contribution is -2.43. The Balaban J connectivity index is 1.54. The Bertz CT molecular complexity index is 876. The molecule has 1 aliphatic rings. The molecule has 2 amide bonds. The maximum absolute atomic E-state index is 12.4. The Morgan fingerprint density at radius 1 is 1.39 bits per heavy atom. The van der Waals surface area contributed by atoms with Crippen molar-refractivity contribution in [2.45, 2.75) is 12.5 Å². The number of amides is 2. The Kier molecular flexibility index (Phi) is 6.85. The SMILES string of the molecule is COc1ccc(Cl)cc1N1CC[C@@H](NC(=O)CN(C)C(=O)c2ccc(Br)s2)C1. The van der Waals surface area contributed by atoms with E-state index in [4.69, 9.17) is 16.3 Å². The first-order valence-electron chi connectivity index (χ1n) is 8.76. The van der Waals surface area contributed by atoms with E-state index in [1.807, 2.05) is 18.2 Å². The maximum atomic E-state index is 12.4. The fraction of sp³-hybridized carbons (Fsp3) is 0.368. The van der Waals surface area contributed by atoms with Gasteiger partial charge in [0.15, 0.2) is 0 Å². The highest BCUT2D eigenvalue weighted by Crippen LogP contribution is 2.33. The molecule has 0 bridgehead atoms. The molecule has 9 heteroatoms. The first-order valence-corrected chi connectivity index (χ1v) is 10.7. The molecule has 6 nitrogen and oxygen atoms in total. The lowest BCUT2D eigenvalue weighted by molar-refractivity contribution is -0.122. The van der Waals surface area contributed by atoms with Gasteiger partial charge in [-0.1, -0.05) is 11.6 Å². The monoisotopic (exact) mass is 485 g/mol. The number of nitrogens with one attached hydrogen (secondary N) is 1. The van der Waals surface area contributed by atoms with Crippen LogP contribution in [-0.2, 0) is 4.79 Å². The van der Waals surface area contributed by atoms with Gasteiger partial charge in [0, 0.05) is 31.2 Å². The average molecular weight is 487 g/mol. The van der Waals surface area contributed by atoms with Gasteiger partial charge in [-0.25, -0.2) is 0 Å². The van der Waals surface area contributed by atoms with Crippen LogP contribution in [0.4, 0.5) is 5.69 Å². The van der Waals surface area contributed by atoms with Gasteiger partial charge in [0.2, 0.25) is 5.91 Å². The fourth-order valence-corrected chi connectivity index (χ4v) is 4.73. The number of thiophene rings is 1. The minimum atomic E-state index is -0.170. The van der Waals surface area contributed by atoms with Crippen LogP contribution in [0.25, 0.3) is 0 Å². The third kappa shape index (κ3) is 4.98. The molecule has 1 aromatic carbocycles. The first-order chi connectivity index (χ1) is 13.4. The number of anilines is 1. The minimum Gasteiger partial charge on any atom is -0.495 e. The second-order valence-electron chi connectivity index (χ2n) is 6.58. The number of rotatable bonds is 6. The topological polar surface area (TPSA) is 61.9 Å². The van der Waals surface area contributed by atoms with Crippen molar-refractivity contribution in [2.75, 3.05) is 38.7 Å². The summed E-state index contributed by atoms with van der Waals surface area (Å²) in [6.45, 7) is 1.48. The van der Waals surface area contributed by atoms with Crippen LogP contribution in [-0.4, -0.2) is 56.5 Å². The van der Waals surface area contributed by atoms with E-state index >= 15 is 0 Å². The van der Waals surface area contributed by atoms with E-state index in [2.05, 4.69) is 26.1 Å². The summed E-state index contributed by atoms with van der Waals surface area (Å²) in [4.78, 5) is 28.9. The Hall–Kier alpha value is -1.77. The highest BCUT2D eigenvalue weighted by molar-refractivity contribution is 9.11. The molecule has 0 unspecified atom stereocenters. The molecular formula is C19H21BrClN3O3S. The summed E-state index contributed by atoms with van der Waals surface area (Å²) in [5.41, 5.74) is 0.919. The average Bonchev–Trinajstić information content (AvgIpc) is 3.30. The van der Waals surface area contributed by atoms with Crippen molar-refractivity contribution in [3.8, 4) is 5.75 Å². The number of likely N-dealkylation sites (N-methyl/N-ethyl adjacent to an activating group) is 1. The summed E-state index contributed by atoms with van der Waals surface area (Å²) < 4.78 is 6.30. The highest BCUT2D eigenvalue weighted by atomic mass is 79.9. The molecule has 0 spiro atoms. The molecule has 2 heterocycles. The number of nitrogens with zero attached hydrogens (tertiary/aromatic N) is 2. The molecule has 1 aliphatic heterocycles. The molecule has 150 valence electrons. The normalized spacial score (nSPS) is 16.1. The van der Waals surface area contributed by atoms with Crippen LogP contribution in [0.2, 0.25) is 5.02 Å². The maximum Gasteiger partial charge on any atom is 0.264 e. The van der Waals surface area contributed by atoms with Gasteiger partial charge < -0.3 is 19.9 Å². The third-order valence-corrected chi connectivity index (χ3v) is 6.39. The molecule has 1 fully saturated rings. The van der Waals surface area contributed by atoms with Crippen LogP contribution >= 0.6 is 38.9 Å². The lowest BCUT2D eigenvalue weighted by atomic mass is 10.2. The molecule has 0 saturated carbocycles. The van der Waals surface area contributed by atoms with E-state index in [-0.39, 0.29) is 24.4 Å². The summed E-state index contributed by atoms with van der Waals surface area (Å²) >= 11 is 10.8. The summed E-state index contributed by atoms with van der Waals surface area (Å²) in [6, 6.07) is 9.08. The Morgan fingerprint density at radius 2 is 2.18 bits per heavy atom. The van der Waals surface area contributed by atoms with Gasteiger partial charge in [0.25, 0.3) is 5.91 Å². The van der Waals surface area contributed by atoms with Crippen LogP contribution in [0, 0.1) is 0 Å². The van der Waals surface area contributed by atoms with Crippen LogP contribution in [0.1, 0.15) is 16.1 Å². The molecule has 3 rings (SSSR count). The summed E-state index contributed by atoms with van der Waals surface area (Å²) in [7, 11) is 3.26. The molecule has 28 heavy (non-hydrogen) atoms. The first kappa shape index (κ1) is 21.0. The number of methoxy groups -OCH3 is 1. The number of ether oxygens (including phenoxy) is 1. The zero-order chi connectivity index (χ0) is 20.3. The van der Waals surface area contributed by atoms with Gasteiger partial charge in [0.05, 0.1) is 28.0 Å². The number of hydrogen-bond acceptors (Lipinski definition) is 5. The Labute approximate surface area is 181 Å². The summed E-state index contributed by atoms with van der Waals surface area (Å²) in [5.74, 6) is 0.419. The number of carbonyl (C=O) groups excluding carboxylic acids is 2. The van der Waals surface area contributed by atoms with E-state index in [1.54, 1.807) is 26.3 Å². The van der Waals surface area contributed by atoms with E-state index in [1.165, 1.54) is 16.2 Å². The second-order valence-corrected chi connectivity index (χ2v) is 9.48. The van der Waals surface area contributed by atoms with Gasteiger partial charge >= 0.3 is 0 Å². The minimum absolute atomic E-state index is 0.00979. The van der Waals surface area contributed by atoms with Crippen molar-refractivity contribution in [2.24, 2.45) is 0 Å². The zero-order valence-corrected chi connectivity index (χ0v) is 18.7. The molecule has 1 N–H and O–H groups in total. The molecule has 2 aromatic rings. The van der Waals surface area contributed by atoms with Crippen LogP contribution in [0.5, 0.6) is 5.75 Å². The predicted octanol–water partition coefficient (Wildman–Crippen LogP) is 3.64. The molecule has 1 aromatic heterocycles. The molecular weight excluding hydrogens is 466 g/mol. The van der Waals surface area contributed by atoms with Crippen LogP contribution in [0.15, 0.2) is 34.1 Å². The van der Waals surface area contributed by atoms with Crippen molar-refractivity contribution < 1.29 is 14.3 Å². The van der Waals surface area contributed by atoms with Crippen LogP contribution < -0.4 is 15.0 Å². The van der Waals surface area contributed by atoms with Crippen LogP contribution in [0.3, 0.4) is 0 Å². The number of carbonyl (C=O) groups is 2. The van der Waals surface area contributed by atoms with Gasteiger partial charge in [-0.2, -0.15) is 0 Å². The number of hydrogen-bond donors (Lipinski definition) is 1. The van der Waals surface area contributed by atoms with Crippen molar-refractivity contribution >= 4 is 56.4 Å². The Morgan fingerprint density at radius 3 is 2.86 bits per heavy atom. The molecule has 0 radical (unpaired) electrons. The quantitative estimate of drug-likeness (QED) is 0.677. The largest absolute Gasteiger partial charge is 0.495 e. The molecule has 1 atom stereocenters. The highest BCUT2D eigenvalue weighted by Gasteiger charge is 2.27. The fourth-order valence-electron chi connectivity index (χ4n) is 3.19. The molecule has 1 saturated heterocycles. The third-order valence-electron chi connectivity index (χ3n) is 4.55. The number of halogens is 2. The lowest BCUT2D eigenvalue weighted by Gasteiger charge is -2.22. The van der Waals surface area contributed by atoms with E-state index in [0.29, 0.717) is 16.4 Å². The number of benzene rings is 1. The van der Waals surface area contributed by atoms with Gasteiger partial charge in [-0.15, -0.1) is 11.3 Å². The second kappa shape index (κ2) is 9.15. The standard InChI is InChI=1S/C19H21BrClN3O3S/c1-23(19(26)16-5-6-17(20)28-16)11-18(25)22-13-7-8-24(10-13)14-9-12(21)3-4-15(14)27-2/h3-6,9,13H,7-8,10-11H2,1-2H3,(H,22,25)/t13-/m1/s1. The predicted molar refractivity (Wildman–Crippen MR) is 116 cm³/mol. The van der Waals surface area contributed by atoms with E-state index in [0.717, 1.165) is 28.2 Å². The summed E-state index contributed by atoms with van der Waals surface area (Å²) in [5, 5.41) is 3.66. The molecule has 0 aliphatic carbocycles. The van der Waals surface area contributed by atoms with Crippen molar-refractivity contribution in [1.82, 2.24) is 10.2 Å². The van der Waals surface area contributed by atoms with E-state index in [9.17, 15) is 9.59 Å². The van der Waals surface area contributed by atoms with E-state index < -0.39 is 0 Å². The van der Waals surface area contributed by atoms with Crippen molar-refractivity contribution in [1.29, 1.82) is 0 Å². The van der Waals surface area contributed by atoms with Crippen molar-refractivity contribution in [3.05, 3.63) is 44.0 Å². The smallest absolute Gasteiger partial charge is 0.264 e. The zero-order valence-electron chi connectivity index (χ0n) is 15.6.